The van der Waals surface area contributed by atoms with Gasteiger partial charge in [0.1, 0.15) is 5.75 Å². The molecule has 0 aliphatic heterocycles. The van der Waals surface area contributed by atoms with E-state index in [2.05, 4.69) is 6.07 Å². The van der Waals surface area contributed by atoms with Gasteiger partial charge in [0, 0.05) is 45.8 Å². The first kappa shape index (κ1) is 16.8. The van der Waals surface area contributed by atoms with Crippen LogP contribution in [0.15, 0.2) is 29.1 Å². The molecule has 19 heavy (non-hydrogen) atoms. The Balaban J connectivity index is 0.00000180. The van der Waals surface area contributed by atoms with Gasteiger partial charge >= 0.3 is 0 Å². The molecule has 0 fully saturated rings. The molecule has 6 heteroatoms. The number of halogens is 2. The van der Waals surface area contributed by atoms with Crippen LogP contribution in [0.2, 0.25) is 0 Å². The third-order valence-corrected chi connectivity index (χ3v) is 3.38. The van der Waals surface area contributed by atoms with Crippen LogP contribution in [-0.2, 0) is 39.8 Å². The number of hydrogen-bond donors (Lipinski definition) is 0. The van der Waals surface area contributed by atoms with E-state index in [1.54, 1.807) is 25.2 Å². The second-order valence-corrected chi connectivity index (χ2v) is 4.86. The Labute approximate surface area is 149 Å². The molecule has 2 rings (SSSR count). The molecule has 0 N–H and O–H groups in total. The summed E-state index contributed by atoms with van der Waals surface area (Å²) in [5.41, 5.74) is 0.576. The summed E-state index contributed by atoms with van der Waals surface area (Å²) in [4.78, 5) is 11.8. The van der Waals surface area contributed by atoms with Gasteiger partial charge < -0.3 is 9.30 Å². The van der Waals surface area contributed by atoms with Crippen LogP contribution in [0.1, 0.15) is 0 Å². The minimum absolute atomic E-state index is 0. The minimum atomic E-state index is -0.443. The van der Waals surface area contributed by atoms with Crippen molar-refractivity contribution in [3.63, 3.8) is 0 Å². The van der Waals surface area contributed by atoms with Gasteiger partial charge in [-0.15, -0.1) is 28.7 Å². The fourth-order valence-electron chi connectivity index (χ4n) is 1.63. The minimum Gasteiger partial charge on any atom is -0.497 e. The average Bonchev–Trinajstić information content (AvgIpc) is 2.37. The normalized spacial score (nSPS) is 9.89. The van der Waals surface area contributed by atoms with E-state index in [4.69, 9.17) is 4.74 Å². The van der Waals surface area contributed by atoms with E-state index in [9.17, 15) is 9.18 Å². The quantitative estimate of drug-likeness (QED) is 0.524. The van der Waals surface area contributed by atoms with E-state index in [1.165, 1.54) is 17.7 Å². The molecule has 1 heterocycles. The average molecular weight is 447 g/mol. The Morgan fingerprint density at radius 1 is 1.42 bits per heavy atom. The molecule has 1 radical (unpaired) electrons. The summed E-state index contributed by atoms with van der Waals surface area (Å²) in [6.07, 6.45) is 0. The molecule has 0 saturated heterocycles. The molecule has 1 aromatic carbocycles. The van der Waals surface area contributed by atoms with Gasteiger partial charge in [-0.25, -0.2) is 4.39 Å². The van der Waals surface area contributed by atoms with Crippen molar-refractivity contribution in [3.05, 3.63) is 50.1 Å². The first-order valence-corrected chi connectivity index (χ1v) is 6.23. The number of methoxy groups -OCH3 is 1. The maximum absolute atomic E-state index is 13.9. The zero-order valence-electron chi connectivity index (χ0n) is 10.4. The Kier molecular flexibility index (Phi) is 6.14. The molecule has 0 unspecified atom stereocenters. The van der Waals surface area contributed by atoms with Crippen LogP contribution in [0.4, 0.5) is 4.39 Å². The molecule has 2 aromatic rings. The maximum atomic E-state index is 13.9. The monoisotopic (exact) mass is 447 g/mol. The number of benzene rings is 1. The van der Waals surface area contributed by atoms with Gasteiger partial charge in [0.25, 0.3) is 0 Å². The largest absolute Gasteiger partial charge is 0.497 e. The van der Waals surface area contributed by atoms with Crippen molar-refractivity contribution in [2.45, 2.75) is 0 Å². The molecular weight excluding hydrogens is 437 g/mol. The molecule has 1 aromatic heterocycles. The zero-order valence-corrected chi connectivity index (χ0v) is 15.4. The summed E-state index contributed by atoms with van der Waals surface area (Å²) < 4.78 is 20.8. The van der Waals surface area contributed by atoms with Crippen LogP contribution in [0, 0.1) is 15.5 Å². The molecular formula is C13H10FINO2Y-. The van der Waals surface area contributed by atoms with Crippen molar-refractivity contribution in [1.82, 2.24) is 4.57 Å². The first-order valence-electron chi connectivity index (χ1n) is 5.15. The number of aromatic nitrogens is 1. The van der Waals surface area contributed by atoms with Crippen molar-refractivity contribution < 1.29 is 41.8 Å². The van der Waals surface area contributed by atoms with Gasteiger partial charge in [0.05, 0.1) is 12.9 Å². The maximum Gasteiger partial charge on any atom is 0.207 e. The summed E-state index contributed by atoms with van der Waals surface area (Å²) in [5.74, 6) is -0.00595. The van der Waals surface area contributed by atoms with Crippen molar-refractivity contribution in [3.8, 4) is 17.0 Å². The van der Waals surface area contributed by atoms with Gasteiger partial charge in [-0.2, -0.15) is 12.1 Å². The van der Waals surface area contributed by atoms with E-state index in [0.717, 1.165) is 0 Å². The third-order valence-electron chi connectivity index (χ3n) is 2.61. The summed E-state index contributed by atoms with van der Waals surface area (Å²) in [5, 5.41) is 0. The second-order valence-electron chi connectivity index (χ2n) is 3.70. The Bertz CT molecular complexity index is 658. The number of rotatable bonds is 2. The molecule has 0 aliphatic rings. The fourth-order valence-corrected chi connectivity index (χ4v) is 2.14. The fraction of sp³-hybridized carbons (Fsp3) is 0.154. The van der Waals surface area contributed by atoms with Crippen LogP contribution in [-0.4, -0.2) is 11.7 Å². The molecule has 97 valence electrons. The summed E-state index contributed by atoms with van der Waals surface area (Å²) >= 11 is 1.93. The van der Waals surface area contributed by atoms with E-state index in [1.807, 2.05) is 22.6 Å². The second kappa shape index (κ2) is 6.95. The number of ether oxygens (including phenoxy) is 1. The van der Waals surface area contributed by atoms with Crippen LogP contribution in [0.5, 0.6) is 5.75 Å². The standard InChI is InChI=1S/C13H10FINO2.Y/c1-16-12(6-5-11(15)13(16)17)9-4-3-8(18-2)7-10(9)14;/h3-5,7H,1-2H3;/q-1;. The third kappa shape index (κ3) is 3.44. The van der Waals surface area contributed by atoms with Gasteiger partial charge in [0.2, 0.25) is 5.56 Å². The molecule has 0 atom stereocenters. The molecule has 0 spiro atoms. The Morgan fingerprint density at radius 3 is 2.68 bits per heavy atom. The van der Waals surface area contributed by atoms with Gasteiger partial charge in [0.15, 0.2) is 0 Å². The van der Waals surface area contributed by atoms with Crippen LogP contribution < -0.4 is 10.3 Å². The zero-order chi connectivity index (χ0) is 13.3. The Morgan fingerprint density at radius 2 is 2.11 bits per heavy atom. The van der Waals surface area contributed by atoms with Crippen molar-refractivity contribution >= 4 is 22.6 Å². The van der Waals surface area contributed by atoms with E-state index < -0.39 is 5.82 Å². The first-order chi connectivity index (χ1) is 8.54. The van der Waals surface area contributed by atoms with Crippen LogP contribution in [0.3, 0.4) is 0 Å². The Hall–Kier alpha value is -0.266. The summed E-state index contributed by atoms with van der Waals surface area (Å²) in [6, 6.07) is 8.98. The number of hydrogen-bond acceptors (Lipinski definition) is 2. The van der Waals surface area contributed by atoms with E-state index in [-0.39, 0.29) is 38.3 Å². The van der Waals surface area contributed by atoms with Gasteiger partial charge in [-0.05, 0) is 9.64 Å². The van der Waals surface area contributed by atoms with Crippen molar-refractivity contribution in [1.29, 1.82) is 0 Å². The van der Waals surface area contributed by atoms with E-state index in [0.29, 0.717) is 20.6 Å². The van der Waals surface area contributed by atoms with Crippen LogP contribution in [0.25, 0.3) is 11.3 Å². The molecule has 0 bridgehead atoms. The topological polar surface area (TPSA) is 31.2 Å². The van der Waals surface area contributed by atoms with E-state index >= 15 is 0 Å². The van der Waals surface area contributed by atoms with Crippen molar-refractivity contribution in [2.75, 3.05) is 7.11 Å². The summed E-state index contributed by atoms with van der Waals surface area (Å²) in [7, 11) is 3.07. The SMILES string of the molecule is COc1ccc(-c2[c-]cc(I)c(=O)n2C)c(F)c1.[Y]. The predicted molar refractivity (Wildman–Crippen MR) is 75.2 cm³/mol. The molecule has 0 aliphatic carbocycles. The molecule has 0 amide bonds. The van der Waals surface area contributed by atoms with Gasteiger partial charge in [-0.1, -0.05) is 11.3 Å². The van der Waals surface area contributed by atoms with Gasteiger partial charge in [-0.3, -0.25) is 4.79 Å². The molecule has 0 saturated carbocycles. The smallest absolute Gasteiger partial charge is 0.207 e. The van der Waals surface area contributed by atoms with Crippen LogP contribution >= 0.6 is 22.6 Å². The van der Waals surface area contributed by atoms with Crippen molar-refractivity contribution in [2.24, 2.45) is 7.05 Å². The predicted octanol–water partition coefficient (Wildman–Crippen LogP) is 2.60. The number of pyridine rings is 1. The number of nitrogens with zero attached hydrogens (tertiary/aromatic N) is 1. The molecule has 3 nitrogen and oxygen atoms in total. The summed E-state index contributed by atoms with van der Waals surface area (Å²) in [6.45, 7) is 0.